The fourth-order valence-electron chi connectivity index (χ4n) is 4.83. The molecule has 4 nitrogen and oxygen atoms in total. The Morgan fingerprint density at radius 1 is 1.00 bits per heavy atom. The molecule has 32 heavy (non-hydrogen) atoms. The summed E-state index contributed by atoms with van der Waals surface area (Å²) >= 11 is 0. The van der Waals surface area contributed by atoms with Crippen molar-refractivity contribution in [3.63, 3.8) is 0 Å². The van der Waals surface area contributed by atoms with Crippen molar-refractivity contribution in [1.29, 1.82) is 0 Å². The number of benzene rings is 3. The second-order valence-electron chi connectivity index (χ2n) is 8.19. The molecule has 1 amide bonds. The predicted molar refractivity (Wildman–Crippen MR) is 132 cm³/mol. The molecule has 0 aliphatic carbocycles. The number of fused-ring (bicyclic) bond motifs is 2. The molecule has 0 fully saturated rings. The molecule has 0 spiro atoms. The molecule has 2 N–H and O–H groups in total. The van der Waals surface area contributed by atoms with Gasteiger partial charge in [0.05, 0.1) is 5.52 Å². The van der Waals surface area contributed by atoms with E-state index in [1.807, 2.05) is 48.7 Å². The van der Waals surface area contributed by atoms with Crippen molar-refractivity contribution in [2.24, 2.45) is 12.8 Å². The van der Waals surface area contributed by atoms with Gasteiger partial charge in [0.1, 0.15) is 0 Å². The van der Waals surface area contributed by atoms with Crippen molar-refractivity contribution in [1.82, 2.24) is 9.55 Å². The number of nitrogens with zero attached hydrogens (tertiary/aromatic N) is 2. The lowest BCUT2D eigenvalue weighted by atomic mass is 9.86. The minimum atomic E-state index is -0.412. The zero-order valence-corrected chi connectivity index (χ0v) is 18.5. The van der Waals surface area contributed by atoms with Crippen LogP contribution < -0.4 is 5.73 Å². The molecular formula is C28H25N3O. The van der Waals surface area contributed by atoms with Gasteiger partial charge in [0.25, 0.3) is 0 Å². The predicted octanol–water partition coefficient (Wildman–Crippen LogP) is 6.03. The molecule has 5 rings (SSSR count). The molecule has 4 heteroatoms. The van der Waals surface area contributed by atoms with Gasteiger partial charge in [-0.3, -0.25) is 9.78 Å². The summed E-state index contributed by atoms with van der Waals surface area (Å²) in [5.41, 5.74) is 14.9. The highest BCUT2D eigenvalue weighted by atomic mass is 16.1. The van der Waals surface area contributed by atoms with Crippen LogP contribution in [-0.2, 0) is 13.5 Å². The van der Waals surface area contributed by atoms with E-state index in [1.54, 1.807) is 0 Å². The Kier molecular flexibility index (Phi) is 4.78. The van der Waals surface area contributed by atoms with E-state index in [0.717, 1.165) is 61.7 Å². The number of hydrogen-bond donors (Lipinski definition) is 1. The molecular weight excluding hydrogens is 394 g/mol. The molecule has 0 unspecified atom stereocenters. The fourth-order valence-corrected chi connectivity index (χ4v) is 4.83. The third-order valence-electron chi connectivity index (χ3n) is 6.48. The van der Waals surface area contributed by atoms with Gasteiger partial charge in [0.2, 0.25) is 5.91 Å². The molecule has 5 aromatic rings. The molecule has 2 heterocycles. The Bertz CT molecular complexity index is 1510. The van der Waals surface area contributed by atoms with Crippen LogP contribution in [-0.4, -0.2) is 15.5 Å². The maximum atomic E-state index is 12.5. The lowest BCUT2D eigenvalue weighted by molar-refractivity contribution is 0.100. The lowest BCUT2D eigenvalue weighted by Gasteiger charge is -2.18. The zero-order chi connectivity index (χ0) is 22.4. The standard InChI is InChI=1S/C28H25N3O/c1-4-20-21(19-15-18-9-5-7-11-24(18)30-16-19)13-14-23(28(29)32)27(20)26-17(2)31(3)25-12-8-6-10-22(25)26/h5-16H,4H2,1-3H3,(H2,29,32). The van der Waals surface area contributed by atoms with Gasteiger partial charge in [-0.15, -0.1) is 0 Å². The molecule has 0 bridgehead atoms. The van der Waals surface area contributed by atoms with E-state index in [2.05, 4.69) is 54.7 Å². The number of amides is 1. The van der Waals surface area contributed by atoms with Gasteiger partial charge < -0.3 is 10.3 Å². The number of pyridine rings is 1. The third-order valence-corrected chi connectivity index (χ3v) is 6.48. The summed E-state index contributed by atoms with van der Waals surface area (Å²) in [5.74, 6) is -0.412. The van der Waals surface area contributed by atoms with Crippen molar-refractivity contribution in [2.45, 2.75) is 20.3 Å². The van der Waals surface area contributed by atoms with Gasteiger partial charge in [0.15, 0.2) is 0 Å². The van der Waals surface area contributed by atoms with Crippen molar-refractivity contribution in [3.05, 3.63) is 89.7 Å². The largest absolute Gasteiger partial charge is 0.366 e. The lowest BCUT2D eigenvalue weighted by Crippen LogP contribution is -2.14. The zero-order valence-electron chi connectivity index (χ0n) is 18.5. The first-order valence-corrected chi connectivity index (χ1v) is 10.9. The maximum absolute atomic E-state index is 12.5. The van der Waals surface area contributed by atoms with Gasteiger partial charge in [-0.25, -0.2) is 0 Å². The Morgan fingerprint density at radius 3 is 2.53 bits per heavy atom. The van der Waals surface area contributed by atoms with Crippen LogP contribution in [0.3, 0.4) is 0 Å². The van der Waals surface area contributed by atoms with E-state index in [1.165, 1.54) is 0 Å². The van der Waals surface area contributed by atoms with E-state index < -0.39 is 5.91 Å². The van der Waals surface area contributed by atoms with Crippen LogP contribution in [0.1, 0.15) is 28.5 Å². The van der Waals surface area contributed by atoms with E-state index in [-0.39, 0.29) is 0 Å². The molecule has 0 saturated carbocycles. The van der Waals surface area contributed by atoms with Crippen molar-refractivity contribution >= 4 is 27.7 Å². The Hall–Kier alpha value is -3.92. The molecule has 0 aliphatic rings. The summed E-state index contributed by atoms with van der Waals surface area (Å²) < 4.78 is 2.18. The number of primary amides is 1. The number of nitrogens with two attached hydrogens (primary N) is 1. The Labute approximate surface area is 187 Å². The number of aryl methyl sites for hydroxylation is 1. The van der Waals surface area contributed by atoms with Crippen LogP contribution in [0, 0.1) is 6.92 Å². The van der Waals surface area contributed by atoms with E-state index in [0.29, 0.717) is 5.56 Å². The number of carbonyl (C=O) groups excluding carboxylic acids is 1. The van der Waals surface area contributed by atoms with Crippen LogP contribution >= 0.6 is 0 Å². The smallest absolute Gasteiger partial charge is 0.249 e. The van der Waals surface area contributed by atoms with Crippen molar-refractivity contribution < 1.29 is 4.79 Å². The Morgan fingerprint density at radius 2 is 1.75 bits per heavy atom. The summed E-state index contributed by atoms with van der Waals surface area (Å²) in [6.07, 6.45) is 2.68. The maximum Gasteiger partial charge on any atom is 0.249 e. The summed E-state index contributed by atoms with van der Waals surface area (Å²) in [4.78, 5) is 17.2. The van der Waals surface area contributed by atoms with Crippen LogP contribution in [0.15, 0.2) is 72.9 Å². The van der Waals surface area contributed by atoms with E-state index in [4.69, 9.17) is 5.73 Å². The molecule has 0 saturated heterocycles. The van der Waals surface area contributed by atoms with Crippen LogP contribution in [0.2, 0.25) is 0 Å². The number of rotatable bonds is 4. The van der Waals surface area contributed by atoms with Gasteiger partial charge in [-0.05, 0) is 48.7 Å². The minimum absolute atomic E-state index is 0.412. The first-order valence-electron chi connectivity index (χ1n) is 10.9. The van der Waals surface area contributed by atoms with Gasteiger partial charge >= 0.3 is 0 Å². The monoisotopic (exact) mass is 419 g/mol. The first-order chi connectivity index (χ1) is 15.5. The number of aromatic nitrogens is 2. The van der Waals surface area contributed by atoms with Crippen molar-refractivity contribution in [3.8, 4) is 22.3 Å². The second-order valence-corrected chi connectivity index (χ2v) is 8.19. The second kappa shape index (κ2) is 7.65. The van der Waals surface area contributed by atoms with E-state index in [9.17, 15) is 4.79 Å². The highest BCUT2D eigenvalue weighted by Crippen LogP contribution is 2.41. The molecule has 3 aromatic carbocycles. The van der Waals surface area contributed by atoms with Gasteiger partial charge in [-0.2, -0.15) is 0 Å². The highest BCUT2D eigenvalue weighted by Gasteiger charge is 2.23. The van der Waals surface area contributed by atoms with Crippen LogP contribution in [0.5, 0.6) is 0 Å². The Balaban J connectivity index is 1.87. The average Bonchev–Trinajstić information content (AvgIpc) is 3.07. The summed E-state index contributed by atoms with van der Waals surface area (Å²) in [7, 11) is 2.06. The van der Waals surface area contributed by atoms with Gasteiger partial charge in [-0.1, -0.05) is 49.4 Å². The molecule has 158 valence electrons. The van der Waals surface area contributed by atoms with Crippen LogP contribution in [0.4, 0.5) is 0 Å². The first kappa shape index (κ1) is 20.0. The molecule has 0 radical (unpaired) electrons. The van der Waals surface area contributed by atoms with Crippen LogP contribution in [0.25, 0.3) is 44.1 Å². The topological polar surface area (TPSA) is 60.9 Å². The number of carbonyl (C=O) groups is 1. The summed E-state index contributed by atoms with van der Waals surface area (Å²) in [6.45, 7) is 4.23. The number of para-hydroxylation sites is 2. The fraction of sp³-hybridized carbons (Fsp3) is 0.143. The highest BCUT2D eigenvalue weighted by molar-refractivity contribution is 6.08. The normalized spacial score (nSPS) is 11.3. The molecule has 0 atom stereocenters. The summed E-state index contributed by atoms with van der Waals surface area (Å²) in [6, 6.07) is 22.5. The van der Waals surface area contributed by atoms with Crippen molar-refractivity contribution in [2.75, 3.05) is 0 Å². The van der Waals surface area contributed by atoms with Gasteiger partial charge in [0, 0.05) is 57.5 Å². The third kappa shape index (κ3) is 2.99. The summed E-state index contributed by atoms with van der Waals surface area (Å²) in [5, 5.41) is 2.22. The minimum Gasteiger partial charge on any atom is -0.366 e. The average molecular weight is 420 g/mol. The van der Waals surface area contributed by atoms with E-state index >= 15 is 0 Å². The SMILES string of the molecule is CCc1c(-c2cnc3ccccc3c2)ccc(C(N)=O)c1-c1c(C)n(C)c2ccccc12. The quantitative estimate of drug-likeness (QED) is 0.387. The molecule has 0 aliphatic heterocycles. The number of hydrogen-bond acceptors (Lipinski definition) is 2. The molecule has 2 aromatic heterocycles.